The highest BCUT2D eigenvalue weighted by Crippen LogP contribution is 2.29. The molecule has 9 N–H and O–H groups in total. The van der Waals surface area contributed by atoms with Crippen molar-refractivity contribution < 1.29 is 64.6 Å². The average Bonchev–Trinajstić information content (AvgIpc) is 3.09. The van der Waals surface area contributed by atoms with Gasteiger partial charge in [0.2, 0.25) is 5.91 Å². The molecule has 0 radical (unpaired) electrons. The van der Waals surface area contributed by atoms with E-state index in [-0.39, 0.29) is 18.9 Å². The van der Waals surface area contributed by atoms with Crippen LogP contribution in [0.15, 0.2) is 12.2 Å². The Morgan fingerprint density at radius 2 is 1.27 bits per heavy atom. The lowest BCUT2D eigenvalue weighted by molar-refractivity contribution is -0.359. The smallest absolute Gasteiger partial charge is 0.220 e. The van der Waals surface area contributed by atoms with Crippen LogP contribution >= 0.6 is 0 Å². The second kappa shape index (κ2) is 24.0. The van der Waals surface area contributed by atoms with Crippen molar-refractivity contribution in [1.82, 2.24) is 5.32 Å². The van der Waals surface area contributed by atoms with Crippen molar-refractivity contribution >= 4 is 5.91 Å². The molecule has 12 unspecified atom stereocenters. The molecule has 0 aromatic rings. The van der Waals surface area contributed by atoms with E-state index in [1.165, 1.54) is 64.2 Å². The van der Waals surface area contributed by atoms with Crippen LogP contribution in [0.3, 0.4) is 0 Å². The molecule has 14 heteroatoms. The van der Waals surface area contributed by atoms with Gasteiger partial charge in [-0.15, -0.1) is 0 Å². The zero-order valence-corrected chi connectivity index (χ0v) is 28.7. The van der Waals surface area contributed by atoms with Gasteiger partial charge in [0.1, 0.15) is 48.8 Å². The number of nitrogens with one attached hydrogen (secondary N) is 1. The van der Waals surface area contributed by atoms with Crippen LogP contribution in [0.2, 0.25) is 0 Å². The van der Waals surface area contributed by atoms with Gasteiger partial charge in [-0.05, 0) is 12.8 Å². The molecular weight excluding hydrogens is 630 g/mol. The van der Waals surface area contributed by atoms with E-state index >= 15 is 0 Å². The van der Waals surface area contributed by atoms with E-state index in [0.717, 1.165) is 19.3 Å². The molecule has 2 aliphatic heterocycles. The molecule has 2 heterocycles. The summed E-state index contributed by atoms with van der Waals surface area (Å²) in [5.74, 6) is -0.330. The van der Waals surface area contributed by atoms with E-state index < -0.39 is 86.8 Å². The number of ether oxygens (including phenoxy) is 4. The number of rotatable bonds is 24. The van der Waals surface area contributed by atoms with Crippen molar-refractivity contribution in [1.29, 1.82) is 0 Å². The van der Waals surface area contributed by atoms with Crippen molar-refractivity contribution in [2.24, 2.45) is 0 Å². The number of aliphatic hydroxyl groups is 8. The standard InChI is InChI=1S/C34H63NO13/c1-3-5-6-7-8-9-10-11-12-13-14-15-16-17-18-23(38)22(35-26(39)4-2)21-45-33-31(44)29(42)32(25(20-37)47-33)48-34-30(43)28(41)27(40)24(19-36)46-34/h17-18,22-25,27-34,36-38,40-44H,3-16,19-21H2,1-2H3,(H,35,39)/b18-17+. The molecule has 1 amide bonds. The summed E-state index contributed by atoms with van der Waals surface area (Å²) in [6, 6.07) is -0.903. The molecule has 0 saturated carbocycles. The molecule has 48 heavy (non-hydrogen) atoms. The molecule has 0 spiro atoms. The Morgan fingerprint density at radius 3 is 1.83 bits per heavy atom. The first-order valence-corrected chi connectivity index (χ1v) is 17.9. The number of carbonyl (C=O) groups is 1. The third kappa shape index (κ3) is 14.2. The fourth-order valence-corrected chi connectivity index (χ4v) is 5.90. The highest BCUT2D eigenvalue weighted by atomic mass is 16.7. The summed E-state index contributed by atoms with van der Waals surface area (Å²) in [5, 5.41) is 84.9. The van der Waals surface area contributed by atoms with E-state index in [4.69, 9.17) is 18.9 Å². The van der Waals surface area contributed by atoms with Gasteiger partial charge in [0.15, 0.2) is 12.6 Å². The minimum atomic E-state index is -1.78. The van der Waals surface area contributed by atoms with Crippen LogP contribution in [0, 0.1) is 0 Å². The van der Waals surface area contributed by atoms with Crippen LogP contribution < -0.4 is 5.32 Å². The lowest BCUT2D eigenvalue weighted by Gasteiger charge is -2.46. The summed E-state index contributed by atoms with van der Waals surface area (Å²) in [5.41, 5.74) is 0. The summed E-state index contributed by atoms with van der Waals surface area (Å²) in [6.07, 6.45) is 2.47. The normalized spacial score (nSPS) is 32.4. The number of carbonyl (C=O) groups excluding carboxylic acids is 1. The van der Waals surface area contributed by atoms with Gasteiger partial charge in [-0.25, -0.2) is 0 Å². The summed E-state index contributed by atoms with van der Waals surface area (Å²) >= 11 is 0. The quantitative estimate of drug-likeness (QED) is 0.0497. The number of amides is 1. The molecule has 14 nitrogen and oxygen atoms in total. The maximum Gasteiger partial charge on any atom is 0.220 e. The molecule has 2 aliphatic rings. The second-order valence-corrected chi connectivity index (χ2v) is 13.0. The maximum atomic E-state index is 12.2. The molecule has 0 bridgehead atoms. The minimum Gasteiger partial charge on any atom is -0.394 e. The molecular formula is C34H63NO13. The highest BCUT2D eigenvalue weighted by Gasteiger charge is 2.50. The second-order valence-electron chi connectivity index (χ2n) is 13.0. The first-order chi connectivity index (χ1) is 23.1. The predicted octanol–water partition coefficient (Wildman–Crippen LogP) is 0.530. The van der Waals surface area contributed by atoms with Gasteiger partial charge in [0.25, 0.3) is 0 Å². The third-order valence-corrected chi connectivity index (χ3v) is 9.04. The van der Waals surface area contributed by atoms with Gasteiger partial charge in [-0.1, -0.05) is 96.6 Å². The summed E-state index contributed by atoms with van der Waals surface area (Å²) in [7, 11) is 0. The Morgan fingerprint density at radius 1 is 0.729 bits per heavy atom. The molecule has 0 aromatic heterocycles. The molecule has 2 saturated heterocycles. The van der Waals surface area contributed by atoms with Crippen LogP contribution in [-0.4, -0.2) is 140 Å². The Bertz CT molecular complexity index is 878. The Kier molecular flexibility index (Phi) is 21.5. The van der Waals surface area contributed by atoms with E-state index in [1.54, 1.807) is 13.0 Å². The number of hydrogen-bond acceptors (Lipinski definition) is 13. The van der Waals surface area contributed by atoms with Gasteiger partial charge < -0.3 is 65.1 Å². The number of aliphatic hydroxyl groups excluding tert-OH is 8. The van der Waals surface area contributed by atoms with Gasteiger partial charge in [-0.2, -0.15) is 0 Å². The van der Waals surface area contributed by atoms with Crippen molar-refractivity contribution in [2.75, 3.05) is 19.8 Å². The van der Waals surface area contributed by atoms with Crippen molar-refractivity contribution in [2.45, 2.75) is 177 Å². The average molecular weight is 694 g/mol. The van der Waals surface area contributed by atoms with Gasteiger partial charge in [-0.3, -0.25) is 4.79 Å². The largest absolute Gasteiger partial charge is 0.394 e. The van der Waals surface area contributed by atoms with Gasteiger partial charge in [0.05, 0.1) is 32.0 Å². The number of unbranched alkanes of at least 4 members (excludes halogenated alkanes) is 12. The van der Waals surface area contributed by atoms with Crippen molar-refractivity contribution in [3.05, 3.63) is 12.2 Å². The third-order valence-electron chi connectivity index (χ3n) is 9.04. The number of allylic oxidation sites excluding steroid dienone is 1. The molecule has 0 aromatic carbocycles. The van der Waals surface area contributed by atoms with E-state index in [9.17, 15) is 45.6 Å². The van der Waals surface area contributed by atoms with E-state index in [1.807, 2.05) is 6.08 Å². The predicted molar refractivity (Wildman–Crippen MR) is 175 cm³/mol. The Balaban J connectivity index is 1.83. The van der Waals surface area contributed by atoms with Gasteiger partial charge in [0, 0.05) is 6.42 Å². The zero-order chi connectivity index (χ0) is 35.5. The maximum absolute atomic E-state index is 12.2. The van der Waals surface area contributed by atoms with Crippen molar-refractivity contribution in [3.8, 4) is 0 Å². The topological polar surface area (TPSA) is 228 Å². The first-order valence-electron chi connectivity index (χ1n) is 17.9. The summed E-state index contributed by atoms with van der Waals surface area (Å²) in [6.45, 7) is 2.17. The molecule has 12 atom stereocenters. The zero-order valence-electron chi connectivity index (χ0n) is 28.7. The van der Waals surface area contributed by atoms with Crippen molar-refractivity contribution in [3.63, 3.8) is 0 Å². The van der Waals surface area contributed by atoms with Crippen LogP contribution in [0.4, 0.5) is 0 Å². The van der Waals surface area contributed by atoms with Crippen LogP contribution in [0.1, 0.15) is 104 Å². The molecule has 282 valence electrons. The van der Waals surface area contributed by atoms with Crippen LogP contribution in [-0.2, 0) is 23.7 Å². The fourth-order valence-electron chi connectivity index (χ4n) is 5.90. The lowest BCUT2D eigenvalue weighted by atomic mass is 9.97. The fraction of sp³-hybridized carbons (Fsp3) is 0.912. The molecule has 0 aliphatic carbocycles. The molecule has 2 rings (SSSR count). The van der Waals surface area contributed by atoms with Crippen LogP contribution in [0.25, 0.3) is 0 Å². The monoisotopic (exact) mass is 693 g/mol. The first kappa shape index (κ1) is 42.9. The van der Waals surface area contributed by atoms with E-state index in [0.29, 0.717) is 0 Å². The number of hydrogen-bond donors (Lipinski definition) is 9. The summed E-state index contributed by atoms with van der Waals surface area (Å²) < 4.78 is 22.2. The Hall–Kier alpha value is -1.27. The lowest BCUT2D eigenvalue weighted by Crippen LogP contribution is -2.65. The van der Waals surface area contributed by atoms with Gasteiger partial charge >= 0.3 is 0 Å². The Labute approximate surface area is 285 Å². The molecule has 2 fully saturated rings. The SMILES string of the molecule is CCCCCCCCCCCCCC/C=C/C(O)C(COC1OC(CO)C(OC2OC(CO)C(O)C(O)C2O)C(O)C1O)NC(=O)CC. The van der Waals surface area contributed by atoms with E-state index in [2.05, 4.69) is 12.2 Å². The van der Waals surface area contributed by atoms with Crippen LogP contribution in [0.5, 0.6) is 0 Å². The minimum absolute atomic E-state index is 0.163. The highest BCUT2D eigenvalue weighted by molar-refractivity contribution is 5.75. The summed E-state index contributed by atoms with van der Waals surface area (Å²) in [4.78, 5) is 12.2.